The second-order valence-electron chi connectivity index (χ2n) is 7.76. The first-order chi connectivity index (χ1) is 12.9. The van der Waals surface area contributed by atoms with Crippen molar-refractivity contribution in [3.8, 4) is 0 Å². The minimum atomic E-state index is 0.169. The number of carbonyl (C=O) groups excluding carboxylic acids is 1. The zero-order valence-corrected chi connectivity index (χ0v) is 17.2. The van der Waals surface area contributed by atoms with Gasteiger partial charge >= 0.3 is 0 Å². The maximum absolute atomic E-state index is 13.0. The highest BCUT2D eigenvalue weighted by Crippen LogP contribution is 2.37. The summed E-state index contributed by atoms with van der Waals surface area (Å²) in [6.07, 6.45) is 1.99. The number of nitrogens with zero attached hydrogens (tertiary/aromatic N) is 4. The fourth-order valence-corrected chi connectivity index (χ4v) is 4.52. The minimum absolute atomic E-state index is 0.169. The molecule has 0 radical (unpaired) electrons. The fourth-order valence-electron chi connectivity index (χ4n) is 3.49. The van der Waals surface area contributed by atoms with Crippen LogP contribution in [0.5, 0.6) is 0 Å². The van der Waals surface area contributed by atoms with Crippen LogP contribution in [0.2, 0.25) is 0 Å². The molecule has 2 heterocycles. The highest BCUT2D eigenvalue weighted by atomic mass is 32.1. The van der Waals surface area contributed by atoms with Crippen molar-refractivity contribution >= 4 is 32.6 Å². The van der Waals surface area contributed by atoms with Crippen LogP contribution >= 0.6 is 11.3 Å². The van der Waals surface area contributed by atoms with E-state index in [1.54, 1.807) is 11.3 Å². The first-order valence-electron chi connectivity index (χ1n) is 9.66. The molecular weight excluding hydrogens is 356 g/mol. The number of rotatable bonds is 6. The molecule has 27 heavy (non-hydrogen) atoms. The van der Waals surface area contributed by atoms with Crippen LogP contribution in [0.3, 0.4) is 0 Å². The molecule has 0 unspecified atom stereocenters. The standard InChI is InChI=1S/C21H26N4OS/c1-13(2)17-6-5-7-18-19(17)22-21(27-18)24(20(26)16-8-9-16)10-11-25-15(4)12-14(3)23-25/h5-7,12-13,16H,8-11H2,1-4H3. The Balaban J connectivity index is 1.66. The van der Waals surface area contributed by atoms with Gasteiger partial charge in [0.25, 0.3) is 0 Å². The number of carbonyl (C=O) groups is 1. The molecule has 0 atom stereocenters. The molecule has 2 aromatic heterocycles. The lowest BCUT2D eigenvalue weighted by atomic mass is 10.0. The molecule has 4 rings (SSSR count). The normalized spacial score (nSPS) is 14.3. The van der Waals surface area contributed by atoms with Crippen LogP contribution < -0.4 is 4.90 Å². The van der Waals surface area contributed by atoms with Gasteiger partial charge < -0.3 is 0 Å². The topological polar surface area (TPSA) is 51.0 Å². The number of aryl methyl sites for hydroxylation is 2. The number of para-hydroxylation sites is 1. The Morgan fingerprint density at radius 1 is 1.33 bits per heavy atom. The van der Waals surface area contributed by atoms with E-state index in [1.807, 2.05) is 16.5 Å². The van der Waals surface area contributed by atoms with Crippen LogP contribution in [0.4, 0.5) is 5.13 Å². The summed E-state index contributed by atoms with van der Waals surface area (Å²) in [5.41, 5.74) is 4.41. The smallest absolute Gasteiger partial charge is 0.231 e. The number of hydrogen-bond acceptors (Lipinski definition) is 4. The maximum atomic E-state index is 13.0. The van der Waals surface area contributed by atoms with Gasteiger partial charge in [-0.05, 0) is 50.3 Å². The van der Waals surface area contributed by atoms with Crippen molar-refractivity contribution in [2.75, 3.05) is 11.4 Å². The Hall–Kier alpha value is -2.21. The molecule has 1 aromatic carbocycles. The second kappa shape index (κ2) is 7.08. The fraction of sp³-hybridized carbons (Fsp3) is 0.476. The lowest BCUT2D eigenvalue weighted by Crippen LogP contribution is -2.35. The quantitative estimate of drug-likeness (QED) is 0.622. The van der Waals surface area contributed by atoms with Crippen LogP contribution in [0.15, 0.2) is 24.3 Å². The zero-order chi connectivity index (χ0) is 19.1. The summed E-state index contributed by atoms with van der Waals surface area (Å²) in [5.74, 6) is 0.787. The molecule has 3 aromatic rings. The predicted octanol–water partition coefficient (Wildman–Crippen LogP) is 4.68. The van der Waals surface area contributed by atoms with E-state index in [9.17, 15) is 4.79 Å². The molecule has 0 saturated heterocycles. The van der Waals surface area contributed by atoms with Gasteiger partial charge in [0.1, 0.15) is 0 Å². The van der Waals surface area contributed by atoms with Gasteiger partial charge in [-0.3, -0.25) is 14.4 Å². The number of fused-ring (bicyclic) bond motifs is 1. The van der Waals surface area contributed by atoms with Crippen molar-refractivity contribution in [2.45, 2.75) is 53.0 Å². The van der Waals surface area contributed by atoms with E-state index in [1.165, 1.54) is 5.56 Å². The van der Waals surface area contributed by atoms with Crippen molar-refractivity contribution in [3.05, 3.63) is 41.2 Å². The van der Waals surface area contributed by atoms with E-state index < -0.39 is 0 Å². The van der Waals surface area contributed by atoms with E-state index in [2.05, 4.69) is 50.1 Å². The van der Waals surface area contributed by atoms with Gasteiger partial charge in [-0.25, -0.2) is 4.98 Å². The average molecular weight is 383 g/mol. The SMILES string of the molecule is Cc1cc(C)n(CCN(C(=O)C2CC2)c2nc3c(C(C)C)cccc3s2)n1. The Bertz CT molecular complexity index is 983. The molecule has 1 aliphatic carbocycles. The van der Waals surface area contributed by atoms with E-state index in [4.69, 9.17) is 4.98 Å². The molecule has 0 spiro atoms. The van der Waals surface area contributed by atoms with Crippen molar-refractivity contribution in [3.63, 3.8) is 0 Å². The third-order valence-electron chi connectivity index (χ3n) is 5.12. The molecular formula is C21H26N4OS. The number of amides is 1. The summed E-state index contributed by atoms with van der Waals surface area (Å²) in [6.45, 7) is 9.71. The zero-order valence-electron chi connectivity index (χ0n) is 16.4. The highest BCUT2D eigenvalue weighted by molar-refractivity contribution is 7.22. The number of hydrogen-bond donors (Lipinski definition) is 0. The second-order valence-corrected chi connectivity index (χ2v) is 8.77. The molecule has 0 bridgehead atoms. The molecule has 1 aliphatic rings. The van der Waals surface area contributed by atoms with Crippen LogP contribution in [0.1, 0.15) is 49.6 Å². The minimum Gasteiger partial charge on any atom is -0.286 e. The third-order valence-corrected chi connectivity index (χ3v) is 6.17. The Kier molecular flexibility index (Phi) is 4.76. The first kappa shape index (κ1) is 18.2. The van der Waals surface area contributed by atoms with Crippen LogP contribution in [0, 0.1) is 19.8 Å². The van der Waals surface area contributed by atoms with E-state index in [-0.39, 0.29) is 11.8 Å². The largest absolute Gasteiger partial charge is 0.286 e. The molecule has 6 heteroatoms. The molecule has 0 N–H and O–H groups in total. The van der Waals surface area contributed by atoms with E-state index in [0.29, 0.717) is 19.0 Å². The number of thiazole rings is 1. The highest BCUT2D eigenvalue weighted by Gasteiger charge is 2.35. The predicted molar refractivity (Wildman–Crippen MR) is 110 cm³/mol. The maximum Gasteiger partial charge on any atom is 0.231 e. The average Bonchev–Trinajstić information content (AvgIpc) is 3.30. The van der Waals surface area contributed by atoms with Gasteiger partial charge in [0.05, 0.1) is 22.5 Å². The monoisotopic (exact) mass is 382 g/mol. The van der Waals surface area contributed by atoms with E-state index >= 15 is 0 Å². The molecule has 1 amide bonds. The summed E-state index contributed by atoms with van der Waals surface area (Å²) in [6, 6.07) is 8.39. The van der Waals surface area contributed by atoms with Crippen LogP contribution in [-0.2, 0) is 11.3 Å². The van der Waals surface area contributed by atoms with Gasteiger partial charge in [-0.2, -0.15) is 5.10 Å². The van der Waals surface area contributed by atoms with Gasteiger partial charge in [0.2, 0.25) is 5.91 Å². The Labute approximate surface area is 164 Å². The summed E-state index contributed by atoms with van der Waals surface area (Å²) >= 11 is 1.62. The van der Waals surface area contributed by atoms with E-state index in [0.717, 1.165) is 39.6 Å². The van der Waals surface area contributed by atoms with Crippen LogP contribution in [0.25, 0.3) is 10.2 Å². The Morgan fingerprint density at radius 2 is 2.11 bits per heavy atom. The molecule has 1 saturated carbocycles. The molecule has 5 nitrogen and oxygen atoms in total. The van der Waals surface area contributed by atoms with Crippen molar-refractivity contribution < 1.29 is 4.79 Å². The Morgan fingerprint density at radius 3 is 2.74 bits per heavy atom. The van der Waals surface area contributed by atoms with Gasteiger partial charge in [0, 0.05) is 18.2 Å². The van der Waals surface area contributed by atoms with Crippen molar-refractivity contribution in [1.29, 1.82) is 0 Å². The molecule has 1 fully saturated rings. The van der Waals surface area contributed by atoms with Gasteiger partial charge in [-0.15, -0.1) is 0 Å². The number of benzene rings is 1. The van der Waals surface area contributed by atoms with Gasteiger partial charge in [-0.1, -0.05) is 37.3 Å². The molecule has 0 aliphatic heterocycles. The number of anilines is 1. The number of aromatic nitrogens is 3. The first-order valence-corrected chi connectivity index (χ1v) is 10.5. The van der Waals surface area contributed by atoms with Gasteiger partial charge in [0.15, 0.2) is 5.13 Å². The summed E-state index contributed by atoms with van der Waals surface area (Å²) in [7, 11) is 0. The molecule has 142 valence electrons. The lowest BCUT2D eigenvalue weighted by molar-refractivity contribution is -0.119. The lowest BCUT2D eigenvalue weighted by Gasteiger charge is -2.20. The summed E-state index contributed by atoms with van der Waals surface area (Å²) < 4.78 is 3.13. The van der Waals surface area contributed by atoms with Crippen molar-refractivity contribution in [2.24, 2.45) is 5.92 Å². The van der Waals surface area contributed by atoms with Crippen LogP contribution in [-0.4, -0.2) is 27.2 Å². The summed E-state index contributed by atoms with van der Waals surface area (Å²) in [4.78, 5) is 19.8. The summed E-state index contributed by atoms with van der Waals surface area (Å²) in [5, 5.41) is 5.35. The van der Waals surface area contributed by atoms with Crippen molar-refractivity contribution in [1.82, 2.24) is 14.8 Å². The third kappa shape index (κ3) is 3.63.